The second-order valence-corrected chi connectivity index (χ2v) is 7.69. The highest BCUT2D eigenvalue weighted by Crippen LogP contribution is 2.35. The van der Waals surface area contributed by atoms with Crippen LogP contribution in [0.3, 0.4) is 0 Å². The van der Waals surface area contributed by atoms with E-state index < -0.39 is 5.41 Å². The molecule has 0 aliphatic carbocycles. The highest BCUT2D eigenvalue weighted by atomic mass is 32.1. The molecule has 1 aliphatic heterocycles. The number of likely N-dealkylation sites (N-methyl/N-ethyl adjacent to an activating group) is 1. The van der Waals surface area contributed by atoms with Gasteiger partial charge in [0.15, 0.2) is 0 Å². The molecule has 1 fully saturated rings. The number of rotatable bonds is 5. The Morgan fingerprint density at radius 2 is 2.04 bits per heavy atom. The minimum atomic E-state index is -0.738. The molecular weight excluding hydrogens is 314 g/mol. The summed E-state index contributed by atoms with van der Waals surface area (Å²) in [7, 11) is 3.85. The number of carbonyl (C=O) groups is 2. The summed E-state index contributed by atoms with van der Waals surface area (Å²) in [6, 6.07) is 3.57. The van der Waals surface area contributed by atoms with Gasteiger partial charge in [-0.05, 0) is 40.1 Å². The van der Waals surface area contributed by atoms with Crippen molar-refractivity contribution in [1.29, 1.82) is 0 Å². The molecule has 0 saturated carbocycles. The Kier molecular flexibility index (Phi) is 5.23. The normalized spacial score (nSPS) is 16.7. The van der Waals surface area contributed by atoms with E-state index in [0.29, 0.717) is 29.7 Å². The largest absolute Gasteiger partial charge is 0.337 e. The van der Waals surface area contributed by atoms with Gasteiger partial charge in [0, 0.05) is 30.6 Å². The zero-order valence-corrected chi connectivity index (χ0v) is 14.8. The summed E-state index contributed by atoms with van der Waals surface area (Å²) < 4.78 is 0. The predicted molar refractivity (Wildman–Crippen MR) is 90.7 cm³/mol. The van der Waals surface area contributed by atoms with Gasteiger partial charge < -0.3 is 9.80 Å². The maximum atomic E-state index is 12.4. The van der Waals surface area contributed by atoms with Crippen molar-refractivity contribution in [2.24, 2.45) is 5.41 Å². The minimum absolute atomic E-state index is 0.103. The SMILES string of the molecule is Cc1ccc(N(O)C(=O)C2(C)CN(C(=O)/C=C\CN(C)C)C2)s1. The van der Waals surface area contributed by atoms with Gasteiger partial charge in [-0.1, -0.05) is 6.08 Å². The average molecular weight is 337 g/mol. The van der Waals surface area contributed by atoms with E-state index in [1.165, 1.54) is 17.4 Å². The summed E-state index contributed by atoms with van der Waals surface area (Å²) in [4.78, 5) is 29.0. The fraction of sp³-hybridized carbons (Fsp3) is 0.500. The van der Waals surface area contributed by atoms with E-state index in [1.807, 2.05) is 32.0 Å². The molecule has 1 aliphatic rings. The van der Waals surface area contributed by atoms with Crippen LogP contribution in [-0.2, 0) is 9.59 Å². The first-order valence-electron chi connectivity index (χ1n) is 7.43. The Balaban J connectivity index is 1.92. The van der Waals surface area contributed by atoms with Crippen LogP contribution in [-0.4, -0.2) is 60.6 Å². The Labute approximate surface area is 140 Å². The number of amides is 2. The van der Waals surface area contributed by atoms with Crippen LogP contribution in [0.5, 0.6) is 0 Å². The first-order valence-corrected chi connectivity index (χ1v) is 8.24. The highest BCUT2D eigenvalue weighted by molar-refractivity contribution is 7.16. The lowest BCUT2D eigenvalue weighted by molar-refractivity contribution is -0.150. The van der Waals surface area contributed by atoms with E-state index >= 15 is 0 Å². The van der Waals surface area contributed by atoms with E-state index in [4.69, 9.17) is 0 Å². The third-order valence-corrected chi connectivity index (χ3v) is 4.74. The van der Waals surface area contributed by atoms with Crippen molar-refractivity contribution in [1.82, 2.24) is 9.80 Å². The van der Waals surface area contributed by atoms with Crippen molar-refractivity contribution in [3.05, 3.63) is 29.2 Å². The third-order valence-electron chi connectivity index (χ3n) is 3.77. The van der Waals surface area contributed by atoms with Crippen molar-refractivity contribution < 1.29 is 14.8 Å². The fourth-order valence-corrected chi connectivity index (χ4v) is 3.22. The van der Waals surface area contributed by atoms with Crippen LogP contribution in [0.2, 0.25) is 0 Å². The number of carbonyl (C=O) groups excluding carboxylic acids is 2. The number of hydrogen-bond acceptors (Lipinski definition) is 5. The van der Waals surface area contributed by atoms with Gasteiger partial charge in [0.1, 0.15) is 5.00 Å². The van der Waals surface area contributed by atoms with Crippen molar-refractivity contribution in [2.75, 3.05) is 38.8 Å². The van der Waals surface area contributed by atoms with Gasteiger partial charge in [-0.3, -0.25) is 14.8 Å². The van der Waals surface area contributed by atoms with Gasteiger partial charge in [0.05, 0.1) is 5.41 Å². The second-order valence-electron chi connectivity index (χ2n) is 6.42. The summed E-state index contributed by atoms with van der Waals surface area (Å²) in [5, 5.41) is 11.3. The molecule has 0 bridgehead atoms. The molecule has 7 heteroatoms. The monoisotopic (exact) mass is 337 g/mol. The Morgan fingerprint density at radius 1 is 1.39 bits per heavy atom. The van der Waals surface area contributed by atoms with Crippen LogP contribution in [0.25, 0.3) is 0 Å². The maximum absolute atomic E-state index is 12.4. The molecule has 6 nitrogen and oxygen atoms in total. The Morgan fingerprint density at radius 3 is 2.57 bits per heavy atom. The standard InChI is InChI=1S/C16H23N3O3S/c1-12-7-8-14(23-12)19(22)15(21)16(2)10-18(11-16)13(20)6-5-9-17(3)4/h5-8,22H,9-11H2,1-4H3/b6-5-. The molecule has 0 unspecified atom stereocenters. The predicted octanol–water partition coefficient (Wildman–Crippen LogP) is 1.75. The molecule has 0 radical (unpaired) electrons. The molecule has 23 heavy (non-hydrogen) atoms. The van der Waals surface area contributed by atoms with Gasteiger partial charge in [-0.25, -0.2) is 0 Å². The molecule has 1 aromatic heterocycles. The zero-order chi connectivity index (χ0) is 17.2. The summed E-state index contributed by atoms with van der Waals surface area (Å²) in [6.07, 6.45) is 3.33. The van der Waals surface area contributed by atoms with E-state index in [2.05, 4.69) is 0 Å². The summed E-state index contributed by atoms with van der Waals surface area (Å²) in [5.41, 5.74) is -0.738. The number of aryl methyl sites for hydroxylation is 1. The first-order chi connectivity index (χ1) is 10.7. The van der Waals surface area contributed by atoms with Crippen LogP contribution in [0, 0.1) is 12.3 Å². The molecule has 2 heterocycles. The number of hydrogen-bond donors (Lipinski definition) is 1. The number of likely N-dealkylation sites (tertiary alicyclic amines) is 1. The van der Waals surface area contributed by atoms with Gasteiger partial charge in [-0.2, -0.15) is 5.06 Å². The van der Waals surface area contributed by atoms with Crippen LogP contribution in [0.1, 0.15) is 11.8 Å². The molecular formula is C16H23N3O3S. The fourth-order valence-electron chi connectivity index (χ4n) is 2.45. The Bertz CT molecular complexity index is 618. The first kappa shape index (κ1) is 17.7. The molecule has 0 spiro atoms. The lowest BCUT2D eigenvalue weighted by atomic mass is 9.80. The number of anilines is 1. The van der Waals surface area contributed by atoms with Crippen molar-refractivity contribution in [3.8, 4) is 0 Å². The van der Waals surface area contributed by atoms with Crippen LogP contribution < -0.4 is 5.06 Å². The van der Waals surface area contributed by atoms with Crippen LogP contribution >= 0.6 is 11.3 Å². The number of nitrogens with zero attached hydrogens (tertiary/aromatic N) is 3. The molecule has 126 valence electrons. The van der Waals surface area contributed by atoms with Crippen LogP contribution in [0.4, 0.5) is 5.00 Å². The van der Waals surface area contributed by atoms with Crippen LogP contribution in [0.15, 0.2) is 24.3 Å². The molecule has 1 aromatic rings. The topological polar surface area (TPSA) is 64.1 Å². The van der Waals surface area contributed by atoms with Gasteiger partial charge in [0.2, 0.25) is 5.91 Å². The van der Waals surface area contributed by atoms with E-state index in [9.17, 15) is 14.8 Å². The quantitative estimate of drug-likeness (QED) is 0.505. The molecule has 1 saturated heterocycles. The van der Waals surface area contributed by atoms with Crippen molar-refractivity contribution in [3.63, 3.8) is 0 Å². The molecule has 2 rings (SSSR count). The van der Waals surface area contributed by atoms with Crippen molar-refractivity contribution >= 4 is 28.2 Å². The van der Waals surface area contributed by atoms with Crippen molar-refractivity contribution in [2.45, 2.75) is 13.8 Å². The van der Waals surface area contributed by atoms with E-state index in [-0.39, 0.29) is 11.8 Å². The Hall–Kier alpha value is -1.70. The average Bonchev–Trinajstić information content (AvgIpc) is 2.88. The molecule has 1 N–H and O–H groups in total. The van der Waals surface area contributed by atoms with Gasteiger partial charge in [-0.15, -0.1) is 11.3 Å². The van der Waals surface area contributed by atoms with Gasteiger partial charge in [0.25, 0.3) is 5.91 Å². The second kappa shape index (κ2) is 6.82. The smallest absolute Gasteiger partial charge is 0.260 e. The molecule has 0 atom stereocenters. The molecule has 0 aromatic carbocycles. The summed E-state index contributed by atoms with van der Waals surface area (Å²) in [5.74, 6) is -0.478. The lowest BCUT2D eigenvalue weighted by Gasteiger charge is -2.46. The highest BCUT2D eigenvalue weighted by Gasteiger charge is 2.49. The van der Waals surface area contributed by atoms with Gasteiger partial charge >= 0.3 is 0 Å². The van der Waals surface area contributed by atoms with E-state index in [0.717, 1.165) is 4.88 Å². The third kappa shape index (κ3) is 3.99. The number of hydroxylamine groups is 1. The number of thiophene rings is 1. The molecule has 2 amide bonds. The maximum Gasteiger partial charge on any atom is 0.260 e. The van der Waals surface area contributed by atoms with E-state index in [1.54, 1.807) is 24.0 Å². The minimum Gasteiger partial charge on any atom is -0.337 e. The summed E-state index contributed by atoms with van der Waals surface area (Å²) >= 11 is 1.35. The lowest BCUT2D eigenvalue weighted by Crippen LogP contribution is -2.63. The zero-order valence-electron chi connectivity index (χ0n) is 13.9. The summed E-state index contributed by atoms with van der Waals surface area (Å²) in [6.45, 7) is 5.01.